The molecule has 19 aromatic rings. The van der Waals surface area contributed by atoms with Crippen molar-refractivity contribution in [1.82, 2.24) is 14.1 Å². The van der Waals surface area contributed by atoms with Gasteiger partial charge in [-0.25, -0.2) is 4.98 Å². The van der Waals surface area contributed by atoms with E-state index in [0.717, 1.165) is 33.7 Å². The Balaban J connectivity index is 0.902. The van der Waals surface area contributed by atoms with Gasteiger partial charge >= 0.3 is 0 Å². The topological polar surface area (TPSA) is 22.8 Å². The molecule has 0 spiro atoms. The predicted octanol–water partition coefficient (Wildman–Crippen LogP) is 12.8. The summed E-state index contributed by atoms with van der Waals surface area (Å²) in [5.74, 6) is 1.66. The molecule has 0 saturated heterocycles. The van der Waals surface area contributed by atoms with Gasteiger partial charge in [-0.3, -0.25) is 9.13 Å². The van der Waals surface area contributed by atoms with Crippen LogP contribution in [0.25, 0.3) is 55.2 Å². The van der Waals surface area contributed by atoms with Crippen molar-refractivity contribution < 1.29 is 0 Å². The van der Waals surface area contributed by atoms with Crippen molar-refractivity contribution in [1.29, 1.82) is 0 Å². The van der Waals surface area contributed by atoms with Crippen LogP contribution in [0.5, 0.6) is 0 Å². The number of nitrogens with zero attached hydrogens (tertiary/aromatic N) is 3. The largest absolute Gasteiger partial charge is 0.294 e. The quantitative estimate of drug-likeness (QED) is 0.0620. The molecule has 0 aliphatic rings. The fraction of sp³-hybridized carbons (Fsp3) is 0. The molecule has 19 rings (SSSR count). The predicted molar refractivity (Wildman–Crippen MR) is 467 cm³/mol. The van der Waals surface area contributed by atoms with E-state index in [1.165, 1.54) is 105 Å². The molecule has 0 N–H and O–H groups in total. The maximum absolute atomic E-state index is 6.07. The van der Waals surface area contributed by atoms with Gasteiger partial charge in [-0.2, -0.15) is 0 Å². The Bertz CT molecular complexity index is 5230. The molecule has 0 atom stereocenters. The zero-order chi connectivity index (χ0) is 71.9. The number of rotatable bonds is 18. The van der Waals surface area contributed by atoms with Gasteiger partial charge in [0, 0.05) is 21.5 Å². The summed E-state index contributed by atoms with van der Waals surface area (Å²) in [6.45, 7) is 0. The van der Waals surface area contributed by atoms with Crippen LogP contribution in [0.15, 0.2) is 455 Å². The van der Waals surface area contributed by atoms with Crippen LogP contribution in [0.1, 0.15) is 0 Å². The van der Waals surface area contributed by atoms with Crippen LogP contribution < -0.4 is 83.0 Å². The highest BCUT2D eigenvalue weighted by Crippen LogP contribution is 2.36. The molecule has 0 aliphatic carbocycles. The van der Waals surface area contributed by atoms with Crippen LogP contribution in [-0.2, 0) is 0 Å². The maximum Gasteiger partial charge on any atom is 0.179 e. The third kappa shape index (κ3) is 10.6. The molecular formula is C101H75N3Si4. The molecule has 0 aliphatic heterocycles. The molecule has 0 saturated carbocycles. The van der Waals surface area contributed by atoms with Gasteiger partial charge in [-0.05, 0) is 119 Å². The molecule has 7 heteroatoms. The van der Waals surface area contributed by atoms with Crippen molar-refractivity contribution in [2.75, 3.05) is 0 Å². The number of aromatic nitrogens is 3. The van der Waals surface area contributed by atoms with E-state index < -0.39 is 32.3 Å². The molecule has 0 radical (unpaired) electrons. The van der Waals surface area contributed by atoms with Crippen molar-refractivity contribution >= 4 is 159 Å². The number of fused-ring (bicyclic) bond motifs is 6. The van der Waals surface area contributed by atoms with E-state index in [0.29, 0.717) is 0 Å². The van der Waals surface area contributed by atoms with Crippen molar-refractivity contribution in [3.05, 3.63) is 455 Å². The lowest BCUT2D eigenvalue weighted by Crippen LogP contribution is -2.74. The van der Waals surface area contributed by atoms with Crippen molar-refractivity contribution in [2.45, 2.75) is 0 Å². The first kappa shape index (κ1) is 65.9. The van der Waals surface area contributed by atoms with E-state index in [1.54, 1.807) is 0 Å². The van der Waals surface area contributed by atoms with Gasteiger partial charge in [-0.15, -0.1) is 0 Å². The molecule has 16 aromatic carbocycles. The second kappa shape index (κ2) is 27.9. The molecule has 0 fully saturated rings. The number of hydrogen-bond acceptors (Lipinski definition) is 1. The Morgan fingerprint density at radius 1 is 0.139 bits per heavy atom. The molecule has 3 nitrogen and oxygen atoms in total. The summed E-state index contributed by atoms with van der Waals surface area (Å²) in [4.78, 5) is 6.07. The molecule has 0 unspecified atom stereocenters. The fourth-order valence-corrected chi connectivity index (χ4v) is 37.5. The second-order valence-electron chi connectivity index (χ2n) is 28.3. The van der Waals surface area contributed by atoms with Gasteiger partial charge in [0.2, 0.25) is 0 Å². The summed E-state index contributed by atoms with van der Waals surface area (Å²) in [7, 11) is -12.2. The van der Waals surface area contributed by atoms with Crippen molar-refractivity contribution in [2.24, 2.45) is 0 Å². The highest BCUT2D eigenvalue weighted by Gasteiger charge is 2.46. The zero-order valence-electron chi connectivity index (χ0n) is 59.6. The first-order valence-electron chi connectivity index (χ1n) is 37.4. The summed E-state index contributed by atoms with van der Waals surface area (Å²) >= 11 is 0. The Labute approximate surface area is 635 Å². The number of hydrogen-bond donors (Lipinski definition) is 0. The second-order valence-corrected chi connectivity index (χ2v) is 43.6. The lowest BCUT2D eigenvalue weighted by molar-refractivity contribution is 1.01. The van der Waals surface area contributed by atoms with E-state index in [9.17, 15) is 0 Å². The summed E-state index contributed by atoms with van der Waals surface area (Å²) in [5.41, 5.74) is 4.35. The summed E-state index contributed by atoms with van der Waals surface area (Å²) in [6, 6.07) is 172. The summed E-state index contributed by atoms with van der Waals surface area (Å²) < 4.78 is 4.91. The standard InChI is InChI=1S/C101H75N3Si4/c1-13-38-76(39-14-1)105(77-40-15-2-16-41-77,78-42-17-3-18-43-78)88-64-68-96-92(72-88)93-73-89(106(79-44-19-4-20-45-79,80-46-21-5-22-47-80)81-48-23-6-24-49-81)65-69-97(93)103(96)100-62-37-63-101(102-100)104-98-70-66-90(107(82-50-25-7-26-51-82,83-52-27-8-28-53-83)84-54-29-9-30-55-84)74-94(98)95-75-91(67-71-99(95)104)108(85-56-31-10-32-57-85,86-58-33-11-34-59-86)87-60-35-12-36-61-87/h1-75H. The molecule has 3 heterocycles. The van der Waals surface area contributed by atoms with Gasteiger partial charge in [-0.1, -0.05) is 419 Å². The van der Waals surface area contributed by atoms with E-state index in [4.69, 9.17) is 4.98 Å². The Morgan fingerprint density at radius 3 is 0.435 bits per heavy atom. The third-order valence-corrected chi connectivity index (χ3v) is 42.0. The van der Waals surface area contributed by atoms with Gasteiger partial charge in [0.25, 0.3) is 0 Å². The number of benzene rings is 16. The van der Waals surface area contributed by atoms with Crippen LogP contribution in [-0.4, -0.2) is 46.4 Å². The average molecular weight is 1440 g/mol. The van der Waals surface area contributed by atoms with Crippen LogP contribution in [0.4, 0.5) is 0 Å². The molecule has 108 heavy (non-hydrogen) atoms. The minimum Gasteiger partial charge on any atom is -0.294 e. The molecule has 0 amide bonds. The Morgan fingerprint density at radius 2 is 0.287 bits per heavy atom. The van der Waals surface area contributed by atoms with Gasteiger partial charge in [0.05, 0.1) is 22.1 Å². The molecule has 3 aromatic heterocycles. The zero-order valence-corrected chi connectivity index (χ0v) is 63.6. The SMILES string of the molecule is c1ccc([Si](c2ccccc2)(c2ccccc2)c2ccc3c(c2)c2cc([Si](c4ccccc4)(c4ccccc4)c4ccccc4)ccc2n3-c2cccc(-n3c4ccc([Si](c5ccccc5)(c5ccccc5)c5ccccc5)cc4c4cc([Si](c5ccccc5)(c5ccccc5)c5ccccc5)ccc43)n2)cc1. The summed E-state index contributed by atoms with van der Waals surface area (Å²) in [5, 5.41) is 25.9. The average Bonchev–Trinajstić information content (AvgIpc) is 1.48. The monoisotopic (exact) mass is 1440 g/mol. The molecule has 510 valence electrons. The van der Waals surface area contributed by atoms with Gasteiger partial charge in [0.15, 0.2) is 32.3 Å². The molecular weight excluding hydrogens is 1370 g/mol. The van der Waals surface area contributed by atoms with E-state index >= 15 is 0 Å². The van der Waals surface area contributed by atoms with Crippen molar-refractivity contribution in [3.8, 4) is 11.6 Å². The van der Waals surface area contributed by atoms with E-state index in [2.05, 4.69) is 464 Å². The van der Waals surface area contributed by atoms with Crippen LogP contribution in [0, 0.1) is 0 Å². The van der Waals surface area contributed by atoms with Crippen LogP contribution in [0.3, 0.4) is 0 Å². The first-order valence-corrected chi connectivity index (χ1v) is 45.4. The Kier molecular flexibility index (Phi) is 17.0. The molecule has 0 bridgehead atoms. The first-order chi connectivity index (χ1) is 53.6. The number of pyridine rings is 1. The van der Waals surface area contributed by atoms with Crippen molar-refractivity contribution in [3.63, 3.8) is 0 Å². The normalized spacial score (nSPS) is 12.1. The fourth-order valence-electron chi connectivity index (χ4n) is 18.4. The van der Waals surface area contributed by atoms with Gasteiger partial charge < -0.3 is 0 Å². The van der Waals surface area contributed by atoms with E-state index in [1.807, 2.05) is 0 Å². The third-order valence-electron chi connectivity index (χ3n) is 22.9. The highest BCUT2D eigenvalue weighted by molar-refractivity contribution is 7.22. The minimum atomic E-state index is -3.04. The van der Waals surface area contributed by atoms with Gasteiger partial charge in [0.1, 0.15) is 11.6 Å². The minimum absolute atomic E-state index is 0.832. The Hall–Kier alpha value is -12.9. The van der Waals surface area contributed by atoms with Crippen LogP contribution in [0.2, 0.25) is 0 Å². The lowest BCUT2D eigenvalue weighted by atomic mass is 10.1. The van der Waals surface area contributed by atoms with Crippen LogP contribution >= 0.6 is 0 Å². The highest BCUT2D eigenvalue weighted by atomic mass is 28.3. The smallest absolute Gasteiger partial charge is 0.179 e. The summed E-state index contributed by atoms with van der Waals surface area (Å²) in [6.07, 6.45) is 0. The maximum atomic E-state index is 6.07. The van der Waals surface area contributed by atoms with E-state index in [-0.39, 0.29) is 0 Å². The lowest BCUT2D eigenvalue weighted by Gasteiger charge is -2.34.